The summed E-state index contributed by atoms with van der Waals surface area (Å²) in [7, 11) is 0. The zero-order chi connectivity index (χ0) is 43.9. The quantitative estimate of drug-likeness (QED) is 0.0185. The van der Waals surface area contributed by atoms with Crippen LogP contribution in [0.25, 0.3) is 21.5 Å². The van der Waals surface area contributed by atoms with E-state index in [0.29, 0.717) is 80.5 Å². The highest BCUT2D eigenvalue weighted by atomic mass is 16.6. The van der Waals surface area contributed by atoms with E-state index in [1.807, 2.05) is 0 Å². The Bertz CT molecular complexity index is 2080. The van der Waals surface area contributed by atoms with Crippen LogP contribution in [0, 0.1) is 56.5 Å². The molecule has 4 aliphatic carbocycles. The number of aromatic nitrogens is 2. The number of nitro groups is 1. The van der Waals surface area contributed by atoms with Gasteiger partial charge in [0.2, 0.25) is 11.4 Å². The summed E-state index contributed by atoms with van der Waals surface area (Å²) >= 11 is 0. The summed E-state index contributed by atoms with van der Waals surface area (Å²) in [6, 6.07) is 8.91. The van der Waals surface area contributed by atoms with Gasteiger partial charge in [-0.15, -0.1) is 0 Å². The number of amides is 1. The molecule has 3 aromatic rings. The predicted octanol–water partition coefficient (Wildman–Crippen LogP) is 8.31. The van der Waals surface area contributed by atoms with Gasteiger partial charge >= 0.3 is 11.7 Å². The number of phenolic OH excluding ortho intramolecular Hbond substituents is 1. The fourth-order valence-corrected chi connectivity index (χ4v) is 12.4. The maximum atomic E-state index is 14.2. The second-order valence-corrected chi connectivity index (χ2v) is 18.7. The number of ether oxygens (including phenoxy) is 3. The zero-order valence-electron chi connectivity index (χ0n) is 36.2. The first-order valence-corrected chi connectivity index (χ1v) is 22.5. The van der Waals surface area contributed by atoms with Gasteiger partial charge in [0.05, 0.1) is 37.0 Å². The molecule has 0 bridgehead atoms. The van der Waals surface area contributed by atoms with Crippen molar-refractivity contribution in [2.24, 2.45) is 51.5 Å². The number of nitrogens with one attached hydrogen (secondary N) is 2. The third kappa shape index (κ3) is 9.95. The van der Waals surface area contributed by atoms with Crippen LogP contribution < -0.4 is 10.6 Å². The number of esters is 1. The average molecular weight is 859 g/mol. The van der Waals surface area contributed by atoms with Gasteiger partial charge in [0, 0.05) is 36.4 Å². The maximum Gasteiger partial charge on any atom is 0.305 e. The van der Waals surface area contributed by atoms with E-state index in [0.717, 1.165) is 37.7 Å². The van der Waals surface area contributed by atoms with Crippen LogP contribution in [0.3, 0.4) is 0 Å². The summed E-state index contributed by atoms with van der Waals surface area (Å²) < 4.78 is 21.2. The van der Waals surface area contributed by atoms with Crippen molar-refractivity contribution in [2.75, 3.05) is 44.9 Å². The Hall–Kier alpha value is -4.99. The van der Waals surface area contributed by atoms with Crippen molar-refractivity contribution in [2.45, 2.75) is 110 Å². The van der Waals surface area contributed by atoms with E-state index in [-0.39, 0.29) is 64.4 Å². The third-order valence-corrected chi connectivity index (χ3v) is 15.5. The van der Waals surface area contributed by atoms with E-state index < -0.39 is 11.0 Å². The van der Waals surface area contributed by atoms with Crippen molar-refractivity contribution < 1.29 is 38.5 Å². The summed E-state index contributed by atoms with van der Waals surface area (Å²) in [6.07, 6.45) is 11.7. The van der Waals surface area contributed by atoms with Gasteiger partial charge in [0.25, 0.3) is 0 Å². The van der Waals surface area contributed by atoms with Gasteiger partial charge < -0.3 is 30.0 Å². The van der Waals surface area contributed by atoms with Crippen LogP contribution in [0.1, 0.15) is 97.0 Å². The summed E-state index contributed by atoms with van der Waals surface area (Å²) in [4.78, 5) is 40.6. The van der Waals surface area contributed by atoms with Crippen LogP contribution in [0.5, 0.6) is 5.75 Å². The van der Waals surface area contributed by atoms with Crippen molar-refractivity contribution in [3.63, 3.8) is 0 Å². The maximum absolute atomic E-state index is 14.2. The van der Waals surface area contributed by atoms with Gasteiger partial charge in [0.15, 0.2) is 5.52 Å². The fraction of sp³-hybridized carbons (Fsp3) is 0.689. The minimum Gasteiger partial charge on any atom is -0.508 e. The molecule has 1 heterocycles. The highest BCUT2D eigenvalue weighted by molar-refractivity contribution is 5.95. The number of anilines is 1. The number of benzene rings is 2. The number of non-ortho nitro benzene ring substituents is 1. The largest absolute Gasteiger partial charge is 0.508 e. The highest BCUT2D eigenvalue weighted by Gasteiger charge is 2.60. The molecule has 5 unspecified atom stereocenters. The number of nitro benzene ring substituents is 1. The number of hydrogen-bond donors (Lipinski definition) is 3. The van der Waals surface area contributed by atoms with Crippen molar-refractivity contribution in [1.29, 1.82) is 0 Å². The summed E-state index contributed by atoms with van der Waals surface area (Å²) in [5.74, 6) is 3.38. The number of rotatable bonds is 20. The fourth-order valence-electron chi connectivity index (χ4n) is 12.4. The molecule has 0 radical (unpaired) electrons. The molecular weight excluding hydrogens is 797 g/mol. The Kier molecular flexibility index (Phi) is 14.5. The van der Waals surface area contributed by atoms with Crippen LogP contribution in [-0.2, 0) is 30.2 Å². The SMILES string of the molecule is C[C@H](CCC(=O)OCCOCCOCCN=[N+]=[N-])C1CCC2C3CC[C@@H]4C[C@H](NC(=O)C(Cc5ccc(O)cc5)Nc5ccc([N+](=O)[O-])c6nonc56)CC[C@]4(C)C3CC[C@@]21C. The van der Waals surface area contributed by atoms with Gasteiger partial charge in [-0.05, 0) is 150 Å². The predicted molar refractivity (Wildman–Crippen MR) is 230 cm³/mol. The van der Waals surface area contributed by atoms with Gasteiger partial charge in [0.1, 0.15) is 18.4 Å². The number of nitrogens with zero attached hydrogens (tertiary/aromatic N) is 6. The van der Waals surface area contributed by atoms with E-state index in [1.54, 1.807) is 24.3 Å². The van der Waals surface area contributed by atoms with E-state index in [9.17, 15) is 24.8 Å². The molecule has 62 heavy (non-hydrogen) atoms. The number of carbonyl (C=O) groups is 2. The minimum atomic E-state index is -0.732. The standard InChI is InChI=1S/C45H62N8O9/c1-28(4-15-40(55)61-25-24-60-23-22-59-21-20-47-52-46)34-11-12-35-33-10-7-30-27-31(16-18-44(30,2)36(33)17-19-45(34,35)3)48-43(56)38(26-29-5-8-32(54)9-6-29)49-37-13-14-39(53(57)58)42-41(37)50-62-51-42/h5-6,8-9,13-14,28,30-31,33-36,38,49,54H,4,7,10-12,15-27H2,1-3H3,(H,48,56)/t28-,30-,31-,33?,34?,35?,36?,38?,44+,45-/m1/s1. The van der Waals surface area contributed by atoms with Crippen molar-refractivity contribution in [3.8, 4) is 5.75 Å². The molecule has 7 rings (SSSR count). The second-order valence-electron chi connectivity index (χ2n) is 18.7. The molecule has 0 saturated heterocycles. The molecular formula is C45H62N8O9. The Morgan fingerprint density at radius 1 is 0.968 bits per heavy atom. The van der Waals surface area contributed by atoms with Crippen LogP contribution >= 0.6 is 0 Å². The second kappa shape index (κ2) is 20.0. The Labute approximate surface area is 362 Å². The smallest absolute Gasteiger partial charge is 0.305 e. The molecule has 17 heteroatoms. The molecule has 3 N–H and O–H groups in total. The minimum absolute atomic E-state index is 0.00817. The zero-order valence-corrected chi connectivity index (χ0v) is 36.2. The topological polar surface area (TPSA) is 237 Å². The molecule has 4 fully saturated rings. The monoisotopic (exact) mass is 858 g/mol. The first-order chi connectivity index (χ1) is 29.9. The van der Waals surface area contributed by atoms with Crippen molar-refractivity contribution >= 4 is 34.3 Å². The van der Waals surface area contributed by atoms with Crippen molar-refractivity contribution in [3.05, 3.63) is 62.5 Å². The van der Waals surface area contributed by atoms with Crippen LogP contribution in [0.2, 0.25) is 0 Å². The molecule has 17 nitrogen and oxygen atoms in total. The Morgan fingerprint density at radius 2 is 1.69 bits per heavy atom. The van der Waals surface area contributed by atoms with E-state index in [2.05, 4.69) is 51.7 Å². The Balaban J connectivity index is 0.912. The highest BCUT2D eigenvalue weighted by Crippen LogP contribution is 2.68. The van der Waals surface area contributed by atoms with Crippen LogP contribution in [0.4, 0.5) is 11.4 Å². The third-order valence-electron chi connectivity index (χ3n) is 15.5. The summed E-state index contributed by atoms with van der Waals surface area (Å²) in [5.41, 5.74) is 9.99. The molecule has 4 saturated carbocycles. The number of hydrogen-bond acceptors (Lipinski definition) is 13. The van der Waals surface area contributed by atoms with Crippen molar-refractivity contribution in [1.82, 2.24) is 15.6 Å². The number of azide groups is 1. The Morgan fingerprint density at radius 3 is 2.47 bits per heavy atom. The molecule has 336 valence electrons. The lowest BCUT2D eigenvalue weighted by atomic mass is 9.44. The molecule has 0 spiro atoms. The van der Waals surface area contributed by atoms with Gasteiger partial charge in [-0.2, -0.15) is 0 Å². The van der Waals surface area contributed by atoms with Gasteiger partial charge in [-0.3, -0.25) is 19.7 Å². The lowest BCUT2D eigenvalue weighted by Gasteiger charge is -2.61. The van der Waals surface area contributed by atoms with Gasteiger partial charge in [-0.1, -0.05) is 38.0 Å². The first kappa shape index (κ1) is 45.0. The van der Waals surface area contributed by atoms with Gasteiger partial charge in [-0.25, -0.2) is 4.63 Å². The molecule has 0 aliphatic heterocycles. The number of carbonyl (C=O) groups excluding carboxylic acids is 2. The number of fused-ring (bicyclic) bond motifs is 6. The lowest BCUT2D eigenvalue weighted by Crippen LogP contribution is -2.56. The molecule has 1 aromatic heterocycles. The molecule has 4 aliphatic rings. The van der Waals surface area contributed by atoms with Crippen LogP contribution in [-0.4, -0.2) is 83.9 Å². The normalized spacial score (nSPS) is 28.7. The molecule has 2 aromatic carbocycles. The molecule has 10 atom stereocenters. The van der Waals surface area contributed by atoms with Crippen LogP contribution in [0.15, 0.2) is 46.1 Å². The number of aromatic hydroxyl groups is 1. The van der Waals surface area contributed by atoms with E-state index in [4.69, 9.17) is 24.4 Å². The number of phenols is 1. The molecule has 1 amide bonds. The lowest BCUT2D eigenvalue weighted by molar-refractivity contribution is -0.383. The summed E-state index contributed by atoms with van der Waals surface area (Å²) in [5, 5.41) is 39.3. The van der Waals surface area contributed by atoms with E-state index in [1.165, 1.54) is 44.2 Å². The summed E-state index contributed by atoms with van der Waals surface area (Å²) in [6.45, 7) is 9.37. The average Bonchev–Trinajstić information content (AvgIpc) is 3.89. The van der Waals surface area contributed by atoms with E-state index >= 15 is 0 Å². The first-order valence-electron chi connectivity index (χ1n) is 22.5.